The van der Waals surface area contributed by atoms with Crippen molar-refractivity contribution in [2.45, 2.75) is 51.2 Å². The van der Waals surface area contributed by atoms with Gasteiger partial charge in [0, 0.05) is 22.8 Å². The van der Waals surface area contributed by atoms with Crippen molar-refractivity contribution in [2.75, 3.05) is 5.32 Å². The van der Waals surface area contributed by atoms with Crippen LogP contribution in [-0.2, 0) is 26.3 Å². The van der Waals surface area contributed by atoms with E-state index in [4.69, 9.17) is 0 Å². The predicted molar refractivity (Wildman–Crippen MR) is 117 cm³/mol. The average molecular weight is 418 g/mol. The Hall–Kier alpha value is -2.99. The van der Waals surface area contributed by atoms with Crippen molar-refractivity contribution in [3.05, 3.63) is 65.2 Å². The van der Waals surface area contributed by atoms with Gasteiger partial charge in [0.05, 0.1) is 11.8 Å². The molecular weight excluding hydrogens is 390 g/mol. The minimum absolute atomic E-state index is 0.193. The highest BCUT2D eigenvalue weighted by atomic mass is 16.2. The van der Waals surface area contributed by atoms with Gasteiger partial charge in [-0.1, -0.05) is 48.0 Å². The Kier molecular flexibility index (Phi) is 4.18. The highest BCUT2D eigenvalue weighted by Crippen LogP contribution is 2.54. The number of nitrogens with one attached hydrogen (secondary N) is 2. The third-order valence-corrected chi connectivity index (χ3v) is 6.84. The zero-order chi connectivity index (χ0) is 22.1. The van der Waals surface area contributed by atoms with Gasteiger partial charge in [0.25, 0.3) is 0 Å². The van der Waals surface area contributed by atoms with Crippen LogP contribution < -0.4 is 10.6 Å². The summed E-state index contributed by atoms with van der Waals surface area (Å²) in [5.74, 6) is -2.08. The van der Waals surface area contributed by atoms with Crippen molar-refractivity contribution >= 4 is 23.4 Å². The van der Waals surface area contributed by atoms with Crippen LogP contribution in [0.1, 0.15) is 37.5 Å². The first-order valence-corrected chi connectivity index (χ1v) is 10.8. The van der Waals surface area contributed by atoms with E-state index >= 15 is 0 Å². The van der Waals surface area contributed by atoms with E-state index in [0.717, 1.165) is 16.7 Å². The lowest BCUT2D eigenvalue weighted by Gasteiger charge is -2.34. The Morgan fingerprint density at radius 2 is 1.71 bits per heavy atom. The fourth-order valence-corrected chi connectivity index (χ4v) is 5.62. The molecular formula is C25H27N3O3. The standard InChI is InChI=1S/C25H27N3O3/c1-14-10-11-17-16(12-14)25(23(31)26-17)20-19(21(29)28(22(20)30)24(2,3)4)18(27-25)13-15-8-6-5-7-9-15/h5-12,18-20,27H,13H2,1-4H3,(H,26,31)/t18-,19+,20-,25-/m0/s1. The average Bonchev–Trinajstić information content (AvgIpc) is 3.27. The van der Waals surface area contributed by atoms with Gasteiger partial charge in [-0.2, -0.15) is 0 Å². The number of aryl methyl sites for hydroxylation is 1. The van der Waals surface area contributed by atoms with Gasteiger partial charge in [-0.15, -0.1) is 0 Å². The summed E-state index contributed by atoms with van der Waals surface area (Å²) in [5.41, 5.74) is 1.65. The van der Waals surface area contributed by atoms with Crippen molar-refractivity contribution in [1.82, 2.24) is 10.2 Å². The van der Waals surface area contributed by atoms with Crippen LogP contribution in [0.5, 0.6) is 0 Å². The molecule has 0 aromatic heterocycles. The molecule has 2 aromatic rings. The number of benzene rings is 2. The van der Waals surface area contributed by atoms with Gasteiger partial charge in [-0.3, -0.25) is 24.6 Å². The zero-order valence-corrected chi connectivity index (χ0v) is 18.2. The molecule has 0 bridgehead atoms. The number of fused-ring (bicyclic) bond motifs is 4. The zero-order valence-electron chi connectivity index (χ0n) is 18.2. The third kappa shape index (κ3) is 2.71. The van der Waals surface area contributed by atoms with Gasteiger partial charge in [0.15, 0.2) is 0 Å². The van der Waals surface area contributed by atoms with Crippen LogP contribution in [0.3, 0.4) is 0 Å². The van der Waals surface area contributed by atoms with E-state index in [2.05, 4.69) is 10.6 Å². The fourth-order valence-electron chi connectivity index (χ4n) is 5.62. The van der Waals surface area contributed by atoms with Gasteiger partial charge in [-0.05, 0) is 45.7 Å². The molecule has 3 heterocycles. The number of carbonyl (C=O) groups is 3. The molecule has 6 heteroatoms. The van der Waals surface area contributed by atoms with Gasteiger partial charge < -0.3 is 5.32 Å². The molecule has 31 heavy (non-hydrogen) atoms. The minimum atomic E-state index is -1.24. The molecule has 0 saturated carbocycles. The maximum atomic E-state index is 13.7. The Bertz CT molecular complexity index is 1100. The maximum Gasteiger partial charge on any atom is 0.250 e. The van der Waals surface area contributed by atoms with E-state index in [1.165, 1.54) is 4.90 Å². The first-order chi connectivity index (χ1) is 14.6. The Morgan fingerprint density at radius 1 is 1.00 bits per heavy atom. The fraction of sp³-hybridized carbons (Fsp3) is 0.400. The van der Waals surface area contributed by atoms with Gasteiger partial charge in [-0.25, -0.2) is 0 Å². The summed E-state index contributed by atoms with van der Waals surface area (Å²) >= 11 is 0. The van der Waals surface area contributed by atoms with Gasteiger partial charge >= 0.3 is 0 Å². The first kappa shape index (κ1) is 19.9. The number of likely N-dealkylation sites (tertiary alicyclic amines) is 1. The second-order valence-corrected chi connectivity index (χ2v) is 9.94. The molecule has 160 valence electrons. The molecule has 0 radical (unpaired) electrons. The molecule has 3 amide bonds. The second kappa shape index (κ2) is 6.50. The Balaban J connectivity index is 1.68. The number of hydrogen-bond acceptors (Lipinski definition) is 4. The van der Waals surface area contributed by atoms with Crippen LogP contribution >= 0.6 is 0 Å². The van der Waals surface area contributed by atoms with E-state index in [-0.39, 0.29) is 23.8 Å². The summed E-state index contributed by atoms with van der Waals surface area (Å²) in [6.07, 6.45) is 0.565. The lowest BCUT2D eigenvalue weighted by molar-refractivity contribution is -0.147. The van der Waals surface area contributed by atoms with Crippen LogP contribution in [0.4, 0.5) is 5.69 Å². The molecule has 4 atom stereocenters. The van der Waals surface area contributed by atoms with E-state index in [1.54, 1.807) is 0 Å². The normalized spacial score (nSPS) is 29.5. The van der Waals surface area contributed by atoms with Crippen molar-refractivity contribution in [3.63, 3.8) is 0 Å². The molecule has 2 N–H and O–H groups in total. The first-order valence-electron chi connectivity index (χ1n) is 10.8. The molecule has 1 spiro atoms. The molecule has 3 aliphatic rings. The highest BCUT2D eigenvalue weighted by Gasteiger charge is 2.71. The van der Waals surface area contributed by atoms with Crippen LogP contribution in [0.25, 0.3) is 0 Å². The number of anilines is 1. The molecule has 2 aromatic carbocycles. The highest BCUT2D eigenvalue weighted by molar-refractivity contribution is 6.15. The molecule has 6 nitrogen and oxygen atoms in total. The quantitative estimate of drug-likeness (QED) is 0.737. The lowest BCUT2D eigenvalue weighted by atomic mass is 9.76. The summed E-state index contributed by atoms with van der Waals surface area (Å²) < 4.78 is 0. The van der Waals surface area contributed by atoms with Crippen molar-refractivity contribution in [1.29, 1.82) is 0 Å². The minimum Gasteiger partial charge on any atom is -0.324 e. The summed E-state index contributed by atoms with van der Waals surface area (Å²) in [6, 6.07) is 15.3. The third-order valence-electron chi connectivity index (χ3n) is 6.84. The topological polar surface area (TPSA) is 78.5 Å². The number of nitrogens with zero attached hydrogens (tertiary/aromatic N) is 1. The molecule has 2 fully saturated rings. The molecule has 3 aliphatic heterocycles. The van der Waals surface area contributed by atoms with Crippen LogP contribution in [-0.4, -0.2) is 34.2 Å². The smallest absolute Gasteiger partial charge is 0.250 e. The van der Waals surface area contributed by atoms with Crippen molar-refractivity contribution in [2.24, 2.45) is 11.8 Å². The number of hydrogen-bond donors (Lipinski definition) is 2. The SMILES string of the molecule is Cc1ccc2c(c1)[C@@]1(N[C@@H](Cc3ccccc3)[C@H]3C(=O)N(C(C)(C)C)C(=O)[C@H]31)C(=O)N2. The van der Waals surface area contributed by atoms with E-state index in [9.17, 15) is 14.4 Å². The van der Waals surface area contributed by atoms with Crippen LogP contribution in [0, 0.1) is 18.8 Å². The molecule has 5 rings (SSSR count). The number of imide groups is 1. The summed E-state index contributed by atoms with van der Waals surface area (Å²) in [6.45, 7) is 7.56. The van der Waals surface area contributed by atoms with Crippen LogP contribution in [0.15, 0.2) is 48.5 Å². The number of carbonyl (C=O) groups excluding carboxylic acids is 3. The summed E-state index contributed by atoms with van der Waals surface area (Å²) in [4.78, 5) is 42.2. The molecule has 0 aliphatic carbocycles. The molecule has 0 unspecified atom stereocenters. The van der Waals surface area contributed by atoms with E-state index < -0.39 is 22.9 Å². The number of rotatable bonds is 2. The molecule has 2 saturated heterocycles. The monoisotopic (exact) mass is 417 g/mol. The Labute approximate surface area is 182 Å². The summed E-state index contributed by atoms with van der Waals surface area (Å²) in [5, 5.41) is 6.46. The second-order valence-electron chi connectivity index (χ2n) is 9.94. The summed E-state index contributed by atoms with van der Waals surface area (Å²) in [7, 11) is 0. The number of amides is 3. The van der Waals surface area contributed by atoms with Gasteiger partial charge in [0.1, 0.15) is 5.54 Å². The predicted octanol–water partition coefficient (Wildman–Crippen LogP) is 2.76. The van der Waals surface area contributed by atoms with E-state index in [0.29, 0.717) is 12.1 Å². The Morgan fingerprint density at radius 3 is 2.39 bits per heavy atom. The largest absolute Gasteiger partial charge is 0.324 e. The van der Waals surface area contributed by atoms with Gasteiger partial charge in [0.2, 0.25) is 17.7 Å². The van der Waals surface area contributed by atoms with Crippen molar-refractivity contribution in [3.8, 4) is 0 Å². The van der Waals surface area contributed by atoms with Crippen LogP contribution in [0.2, 0.25) is 0 Å². The lowest BCUT2D eigenvalue weighted by Crippen LogP contribution is -2.56. The van der Waals surface area contributed by atoms with Crippen molar-refractivity contribution < 1.29 is 14.4 Å². The maximum absolute atomic E-state index is 13.7. The van der Waals surface area contributed by atoms with E-state index in [1.807, 2.05) is 76.2 Å².